The summed E-state index contributed by atoms with van der Waals surface area (Å²) < 4.78 is 48.9. The number of rotatable bonds is 32. The zero-order valence-corrected chi connectivity index (χ0v) is 30.1. The monoisotopic (exact) mass is 731 g/mol. The molecule has 0 bridgehead atoms. The van der Waals surface area contributed by atoms with E-state index >= 15 is 0 Å². The lowest BCUT2D eigenvalue weighted by Gasteiger charge is -2.12. The highest BCUT2D eigenvalue weighted by Gasteiger charge is 2.15. The van der Waals surface area contributed by atoms with Crippen molar-refractivity contribution in [2.45, 2.75) is 25.9 Å². The second-order valence-electron chi connectivity index (χ2n) is 11.3. The molecule has 0 fully saturated rings. The summed E-state index contributed by atoms with van der Waals surface area (Å²) in [7, 11) is 1.56. The van der Waals surface area contributed by atoms with Crippen molar-refractivity contribution in [2.24, 2.45) is 0 Å². The molecule has 0 spiro atoms. The van der Waals surface area contributed by atoms with Crippen LogP contribution in [0.15, 0.2) is 48.5 Å². The summed E-state index contributed by atoms with van der Waals surface area (Å²) in [6.45, 7) is 6.65. The Kier molecular flexibility index (Phi) is 22.3. The molecule has 0 unspecified atom stereocenters. The minimum Gasteiger partial charge on any atom is -0.496 e. The van der Waals surface area contributed by atoms with Crippen molar-refractivity contribution in [3.8, 4) is 17.0 Å². The fourth-order valence-electron chi connectivity index (χ4n) is 4.86. The summed E-state index contributed by atoms with van der Waals surface area (Å²) in [4.78, 5) is 28.4. The van der Waals surface area contributed by atoms with E-state index in [0.29, 0.717) is 135 Å². The number of ether oxygens (including phenoxy) is 9. The number of hydrogen-bond donors (Lipinski definition) is 2. The number of carboxylic acid groups (broad SMARTS) is 1. The van der Waals surface area contributed by atoms with E-state index in [1.54, 1.807) is 13.2 Å². The van der Waals surface area contributed by atoms with Gasteiger partial charge in [0, 0.05) is 35.1 Å². The number of fused-ring (bicyclic) bond motifs is 1. The van der Waals surface area contributed by atoms with E-state index in [9.17, 15) is 14.7 Å². The number of methoxy groups -OCH3 is 1. The number of benzene rings is 2. The lowest BCUT2D eigenvalue weighted by molar-refractivity contribution is -0.138. The summed E-state index contributed by atoms with van der Waals surface area (Å²) in [5.74, 6) is -0.293. The largest absolute Gasteiger partial charge is 0.496 e. The number of pyridine rings is 1. The molecule has 0 saturated carbocycles. The minimum atomic E-state index is -0.881. The third kappa shape index (κ3) is 17.3. The molecule has 2 aromatic carbocycles. The predicted octanol–water partition coefficient (Wildman–Crippen LogP) is 3.97. The Labute approximate surface area is 305 Å². The normalized spacial score (nSPS) is 11.3. The Balaban J connectivity index is 1.13. The maximum atomic E-state index is 13.3. The van der Waals surface area contributed by atoms with E-state index in [0.717, 1.165) is 16.5 Å². The van der Waals surface area contributed by atoms with Gasteiger partial charge in [0.25, 0.3) is 0 Å². The van der Waals surface area contributed by atoms with E-state index in [-0.39, 0.29) is 25.4 Å². The minimum absolute atomic E-state index is 0.0108. The van der Waals surface area contributed by atoms with Crippen molar-refractivity contribution in [1.29, 1.82) is 0 Å². The van der Waals surface area contributed by atoms with Crippen molar-refractivity contribution < 1.29 is 62.4 Å². The average Bonchev–Trinajstić information content (AvgIpc) is 3.16. The molecular weight excluding hydrogens is 678 g/mol. The highest BCUT2D eigenvalue weighted by Crippen LogP contribution is 2.30. The van der Waals surface area contributed by atoms with E-state index in [2.05, 4.69) is 0 Å². The van der Waals surface area contributed by atoms with Crippen molar-refractivity contribution in [3.63, 3.8) is 0 Å². The first-order valence-electron chi connectivity index (χ1n) is 17.6. The van der Waals surface area contributed by atoms with Gasteiger partial charge >= 0.3 is 5.97 Å². The molecule has 3 aromatic rings. The van der Waals surface area contributed by atoms with Crippen LogP contribution in [0, 0.1) is 0 Å². The van der Waals surface area contributed by atoms with E-state index in [1.165, 1.54) is 0 Å². The molecule has 0 aliphatic heterocycles. The van der Waals surface area contributed by atoms with Crippen LogP contribution in [0.25, 0.3) is 22.2 Å². The smallest absolute Gasteiger partial charge is 0.305 e. The standard InChI is InChI=1S/C38H53NO13/c1-44-37-27-30(8-9-31(37)29-40)35-28-33(32-5-2-3-6-34(32)39-35)36(41)7-4-11-45-13-15-47-17-19-49-21-23-51-25-26-52-24-22-50-20-18-48-16-14-46-12-10-38(42)43/h2-3,5-6,8-9,27-28,40H,4,7,10-26,29H2,1H3,(H,42,43). The average molecular weight is 732 g/mol. The summed E-state index contributed by atoms with van der Waals surface area (Å²) in [5.41, 5.74) is 3.49. The molecule has 14 nitrogen and oxygen atoms in total. The molecule has 0 amide bonds. The van der Waals surface area contributed by atoms with Crippen LogP contribution in [0.2, 0.25) is 0 Å². The zero-order valence-electron chi connectivity index (χ0n) is 30.1. The Hall–Kier alpha value is -3.57. The van der Waals surface area contributed by atoms with Crippen LogP contribution < -0.4 is 4.74 Å². The number of para-hydroxylation sites is 1. The van der Waals surface area contributed by atoms with Gasteiger partial charge in [-0.15, -0.1) is 0 Å². The first-order valence-corrected chi connectivity index (χ1v) is 17.6. The SMILES string of the molecule is COc1cc(-c2cc(C(=O)CCCOCCOCCOCCOCCOCCOCCOCCOCCC(=O)O)c3ccccc3n2)ccc1CO. The van der Waals surface area contributed by atoms with Gasteiger partial charge in [0.05, 0.1) is 130 Å². The number of hydrogen-bond acceptors (Lipinski definition) is 13. The van der Waals surface area contributed by atoms with Crippen LogP contribution >= 0.6 is 0 Å². The molecule has 3 rings (SSSR count). The van der Waals surface area contributed by atoms with Crippen LogP contribution in [0.5, 0.6) is 5.75 Å². The second-order valence-corrected chi connectivity index (χ2v) is 11.3. The molecule has 0 saturated heterocycles. The third-order valence-electron chi connectivity index (χ3n) is 7.53. The van der Waals surface area contributed by atoms with Gasteiger partial charge in [-0.1, -0.05) is 30.3 Å². The van der Waals surface area contributed by atoms with Crippen LogP contribution in [0.3, 0.4) is 0 Å². The molecule has 1 heterocycles. The topological polar surface area (TPSA) is 171 Å². The van der Waals surface area contributed by atoms with Crippen molar-refractivity contribution in [3.05, 3.63) is 59.7 Å². The van der Waals surface area contributed by atoms with Gasteiger partial charge in [0.15, 0.2) is 5.78 Å². The van der Waals surface area contributed by atoms with Crippen molar-refractivity contribution in [2.75, 3.05) is 113 Å². The highest BCUT2D eigenvalue weighted by molar-refractivity contribution is 6.08. The van der Waals surface area contributed by atoms with Crippen molar-refractivity contribution in [1.82, 2.24) is 4.98 Å². The molecule has 2 N–H and O–H groups in total. The summed E-state index contributed by atoms with van der Waals surface area (Å²) in [5, 5.41) is 18.9. The number of Topliss-reactive ketones (excluding diaryl/α,β-unsaturated/α-hetero) is 1. The molecule has 1 aromatic heterocycles. The summed E-state index contributed by atoms with van der Waals surface area (Å²) >= 11 is 0. The molecule has 52 heavy (non-hydrogen) atoms. The van der Waals surface area contributed by atoms with Crippen molar-refractivity contribution >= 4 is 22.7 Å². The Morgan fingerprint density at radius 2 is 1.12 bits per heavy atom. The van der Waals surface area contributed by atoms with Gasteiger partial charge in [0.2, 0.25) is 0 Å². The number of nitrogens with zero attached hydrogens (tertiary/aromatic N) is 1. The number of aliphatic hydroxyl groups excluding tert-OH is 1. The third-order valence-corrected chi connectivity index (χ3v) is 7.53. The van der Waals surface area contributed by atoms with Gasteiger partial charge in [-0.3, -0.25) is 9.59 Å². The Bertz CT molecular complexity index is 1440. The predicted molar refractivity (Wildman–Crippen MR) is 192 cm³/mol. The number of aliphatic hydroxyl groups is 1. The number of aromatic nitrogens is 1. The van der Waals surface area contributed by atoms with Crippen LogP contribution in [-0.4, -0.2) is 140 Å². The number of carboxylic acids is 1. The fourth-order valence-corrected chi connectivity index (χ4v) is 4.86. The van der Waals surface area contributed by atoms with Gasteiger partial charge in [-0.05, 0) is 24.6 Å². The number of carbonyl (C=O) groups is 2. The molecular formula is C38H53NO13. The van der Waals surface area contributed by atoms with E-state index in [1.807, 2.05) is 42.5 Å². The molecule has 0 radical (unpaired) electrons. The van der Waals surface area contributed by atoms with Gasteiger partial charge in [0.1, 0.15) is 5.75 Å². The van der Waals surface area contributed by atoms with Crippen LogP contribution in [0.1, 0.15) is 35.2 Å². The quantitative estimate of drug-likeness (QED) is 0.0698. The second kappa shape index (κ2) is 27.1. The number of aliphatic carboxylic acids is 1. The van der Waals surface area contributed by atoms with E-state index < -0.39 is 5.97 Å². The summed E-state index contributed by atoms with van der Waals surface area (Å²) in [6.07, 6.45) is 0.910. The fraction of sp³-hybridized carbons (Fsp3) is 0.553. The first kappa shape index (κ1) is 42.8. The maximum absolute atomic E-state index is 13.3. The van der Waals surface area contributed by atoms with Gasteiger partial charge in [-0.2, -0.15) is 0 Å². The zero-order chi connectivity index (χ0) is 37.1. The number of carbonyl (C=O) groups excluding carboxylic acids is 1. The molecule has 0 atom stereocenters. The lowest BCUT2D eigenvalue weighted by Crippen LogP contribution is -2.15. The summed E-state index contributed by atoms with van der Waals surface area (Å²) in [6, 6.07) is 14.9. The van der Waals surface area contributed by atoms with Gasteiger partial charge in [-0.25, -0.2) is 4.98 Å². The Morgan fingerprint density at radius 1 is 0.615 bits per heavy atom. The molecule has 288 valence electrons. The Morgan fingerprint density at radius 3 is 1.62 bits per heavy atom. The number of ketones is 1. The van der Waals surface area contributed by atoms with Gasteiger partial charge < -0.3 is 52.8 Å². The highest BCUT2D eigenvalue weighted by atomic mass is 16.6. The first-order chi connectivity index (χ1) is 25.5. The molecule has 14 heteroatoms. The van der Waals surface area contributed by atoms with Crippen LogP contribution in [-0.2, 0) is 49.3 Å². The lowest BCUT2D eigenvalue weighted by atomic mass is 9.98. The molecule has 0 aliphatic carbocycles. The molecule has 0 aliphatic rings. The van der Waals surface area contributed by atoms with E-state index in [4.69, 9.17) is 52.7 Å². The van der Waals surface area contributed by atoms with Crippen LogP contribution in [0.4, 0.5) is 0 Å². The maximum Gasteiger partial charge on any atom is 0.305 e.